The second-order valence-electron chi connectivity index (χ2n) is 5.15. The molecule has 112 valence electrons. The summed E-state index contributed by atoms with van der Waals surface area (Å²) in [5.74, 6) is 0.280. The van der Waals surface area contributed by atoms with E-state index in [1.165, 1.54) is 24.9 Å². The number of nitrogens with zero attached hydrogens (tertiary/aromatic N) is 5. The molecule has 0 aliphatic carbocycles. The van der Waals surface area contributed by atoms with Gasteiger partial charge in [0.05, 0.1) is 0 Å². The number of piperidine rings is 1. The number of nitriles is 1. The molecule has 0 bridgehead atoms. The molecule has 7 heteroatoms. The van der Waals surface area contributed by atoms with Gasteiger partial charge in [-0.05, 0) is 42.7 Å². The molecule has 7 nitrogen and oxygen atoms in total. The van der Waals surface area contributed by atoms with Crippen LogP contribution in [0.15, 0.2) is 30.5 Å². The van der Waals surface area contributed by atoms with Crippen LogP contribution in [0.3, 0.4) is 0 Å². The third kappa shape index (κ3) is 3.23. The molecule has 2 N–H and O–H groups in total. The van der Waals surface area contributed by atoms with Crippen molar-refractivity contribution >= 4 is 16.9 Å². The topological polar surface area (TPSA) is 93.5 Å². The fourth-order valence-electron chi connectivity index (χ4n) is 2.52. The van der Waals surface area contributed by atoms with Crippen LogP contribution in [0.1, 0.15) is 25.1 Å². The Morgan fingerprint density at radius 2 is 2.18 bits per heavy atom. The van der Waals surface area contributed by atoms with Crippen molar-refractivity contribution in [2.75, 3.05) is 23.3 Å². The van der Waals surface area contributed by atoms with Gasteiger partial charge in [0.25, 0.3) is 0 Å². The molecule has 0 amide bonds. The van der Waals surface area contributed by atoms with Gasteiger partial charge in [-0.2, -0.15) is 10.5 Å². The smallest absolute Gasteiger partial charge is 0.216 e. The first-order valence-electron chi connectivity index (χ1n) is 7.32. The number of hydrogen-bond acceptors (Lipinski definition) is 6. The van der Waals surface area contributed by atoms with Crippen molar-refractivity contribution in [3.63, 3.8) is 0 Å². The molecular formula is C15H17N7. The number of hydrogen-bond donors (Lipinski definition) is 2. The molecule has 0 saturated carbocycles. The number of aromatic amines is 1. The van der Waals surface area contributed by atoms with E-state index in [0.29, 0.717) is 5.57 Å². The summed E-state index contributed by atoms with van der Waals surface area (Å²) >= 11 is 0. The molecule has 0 radical (unpaired) electrons. The van der Waals surface area contributed by atoms with Gasteiger partial charge in [-0.15, -0.1) is 10.2 Å². The number of anilines is 2. The summed E-state index contributed by atoms with van der Waals surface area (Å²) < 4.78 is 0. The molecular weight excluding hydrogens is 278 g/mol. The maximum atomic E-state index is 9.15. The minimum Gasteiger partial charge on any atom is -0.371 e. The van der Waals surface area contributed by atoms with E-state index in [0.717, 1.165) is 18.8 Å². The van der Waals surface area contributed by atoms with Crippen molar-refractivity contribution < 1.29 is 0 Å². The van der Waals surface area contributed by atoms with Gasteiger partial charge in [-0.25, -0.2) is 0 Å². The summed E-state index contributed by atoms with van der Waals surface area (Å²) in [5, 5.41) is 25.7. The average molecular weight is 295 g/mol. The summed E-state index contributed by atoms with van der Waals surface area (Å²) in [7, 11) is 0. The quantitative estimate of drug-likeness (QED) is 0.840. The zero-order chi connectivity index (χ0) is 15.2. The molecule has 3 rings (SSSR count). The first kappa shape index (κ1) is 14.1. The van der Waals surface area contributed by atoms with E-state index in [2.05, 4.69) is 49.0 Å². The van der Waals surface area contributed by atoms with Crippen LogP contribution in [0.2, 0.25) is 0 Å². The lowest BCUT2D eigenvalue weighted by Gasteiger charge is -2.29. The minimum absolute atomic E-state index is 0.280. The molecule has 2 aromatic rings. The van der Waals surface area contributed by atoms with E-state index < -0.39 is 0 Å². The number of tetrazole rings is 1. The summed E-state index contributed by atoms with van der Waals surface area (Å²) in [6.07, 6.45) is 5.40. The molecule has 0 unspecified atom stereocenters. The van der Waals surface area contributed by atoms with Gasteiger partial charge in [-0.3, -0.25) is 0 Å². The summed E-state index contributed by atoms with van der Waals surface area (Å²) in [4.78, 5) is 2.39. The van der Waals surface area contributed by atoms with Crippen LogP contribution in [0.5, 0.6) is 0 Å². The van der Waals surface area contributed by atoms with Crippen molar-refractivity contribution in [3.8, 4) is 6.07 Å². The number of allylic oxidation sites excluding steroid dienone is 1. The second-order valence-corrected chi connectivity index (χ2v) is 5.15. The molecule has 1 fully saturated rings. The van der Waals surface area contributed by atoms with Crippen LogP contribution in [0, 0.1) is 11.3 Å². The SMILES string of the molecule is N#CC(=CNc1cccc(N2CCCCC2)c1)c1nn[nH]n1. The Bertz CT molecular complexity index is 678. The van der Waals surface area contributed by atoms with Crippen molar-refractivity contribution in [2.45, 2.75) is 19.3 Å². The molecule has 1 aromatic heterocycles. The third-order valence-corrected chi connectivity index (χ3v) is 3.66. The summed E-state index contributed by atoms with van der Waals surface area (Å²) in [5.41, 5.74) is 2.47. The molecule has 22 heavy (non-hydrogen) atoms. The Morgan fingerprint density at radius 1 is 1.32 bits per heavy atom. The van der Waals surface area contributed by atoms with Gasteiger partial charge in [0.15, 0.2) is 0 Å². The highest BCUT2D eigenvalue weighted by molar-refractivity contribution is 5.74. The van der Waals surface area contributed by atoms with Gasteiger partial charge in [0, 0.05) is 30.7 Å². The van der Waals surface area contributed by atoms with Crippen LogP contribution < -0.4 is 10.2 Å². The number of aromatic nitrogens is 4. The van der Waals surface area contributed by atoms with E-state index >= 15 is 0 Å². The fourth-order valence-corrected chi connectivity index (χ4v) is 2.52. The zero-order valence-electron chi connectivity index (χ0n) is 12.2. The van der Waals surface area contributed by atoms with Gasteiger partial charge in [0.2, 0.25) is 5.82 Å². The lowest BCUT2D eigenvalue weighted by atomic mass is 10.1. The van der Waals surface area contributed by atoms with Crippen LogP contribution >= 0.6 is 0 Å². The number of H-pyrrole nitrogens is 1. The molecule has 0 spiro atoms. The summed E-state index contributed by atoms with van der Waals surface area (Å²) in [6, 6.07) is 10.2. The van der Waals surface area contributed by atoms with E-state index in [9.17, 15) is 0 Å². The Morgan fingerprint density at radius 3 is 2.91 bits per heavy atom. The van der Waals surface area contributed by atoms with Crippen LogP contribution in [-0.4, -0.2) is 33.7 Å². The lowest BCUT2D eigenvalue weighted by molar-refractivity contribution is 0.578. The van der Waals surface area contributed by atoms with E-state index in [1.54, 1.807) is 6.20 Å². The molecule has 2 heterocycles. The van der Waals surface area contributed by atoms with Crippen molar-refractivity contribution in [1.29, 1.82) is 5.26 Å². The van der Waals surface area contributed by atoms with Gasteiger partial charge in [-0.1, -0.05) is 6.07 Å². The maximum absolute atomic E-state index is 9.15. The highest BCUT2D eigenvalue weighted by Gasteiger charge is 2.11. The first-order chi connectivity index (χ1) is 10.9. The Kier molecular flexibility index (Phi) is 4.30. The third-order valence-electron chi connectivity index (χ3n) is 3.66. The molecule has 1 aliphatic heterocycles. The van der Waals surface area contributed by atoms with Gasteiger partial charge < -0.3 is 10.2 Å². The van der Waals surface area contributed by atoms with Crippen LogP contribution in [0.4, 0.5) is 11.4 Å². The maximum Gasteiger partial charge on any atom is 0.216 e. The highest BCUT2D eigenvalue weighted by atomic mass is 15.5. The first-order valence-corrected chi connectivity index (χ1v) is 7.32. The molecule has 1 aliphatic rings. The van der Waals surface area contributed by atoms with E-state index in [4.69, 9.17) is 5.26 Å². The fraction of sp³-hybridized carbons (Fsp3) is 0.333. The Hall–Kier alpha value is -2.88. The number of benzene rings is 1. The van der Waals surface area contributed by atoms with Crippen molar-refractivity contribution in [2.24, 2.45) is 0 Å². The normalized spacial score (nSPS) is 15.4. The highest BCUT2D eigenvalue weighted by Crippen LogP contribution is 2.23. The standard InChI is InChI=1S/C15H17N7/c16-10-12(15-18-20-21-19-15)11-17-13-5-4-6-14(9-13)22-7-2-1-3-8-22/h4-6,9,11,17H,1-3,7-8H2,(H,18,19,20,21). The second kappa shape index (κ2) is 6.72. The average Bonchev–Trinajstić information content (AvgIpc) is 3.11. The van der Waals surface area contributed by atoms with Gasteiger partial charge in [0.1, 0.15) is 11.6 Å². The molecule has 0 atom stereocenters. The molecule has 1 aromatic carbocycles. The summed E-state index contributed by atoms with van der Waals surface area (Å²) in [6.45, 7) is 2.21. The number of rotatable bonds is 4. The monoisotopic (exact) mass is 295 g/mol. The molecule has 1 saturated heterocycles. The number of nitrogens with one attached hydrogen (secondary N) is 2. The zero-order valence-corrected chi connectivity index (χ0v) is 12.2. The van der Waals surface area contributed by atoms with Gasteiger partial charge >= 0.3 is 0 Å². The van der Waals surface area contributed by atoms with E-state index in [-0.39, 0.29) is 5.82 Å². The van der Waals surface area contributed by atoms with Crippen LogP contribution in [0.25, 0.3) is 5.57 Å². The van der Waals surface area contributed by atoms with Crippen LogP contribution in [-0.2, 0) is 0 Å². The van der Waals surface area contributed by atoms with Crippen molar-refractivity contribution in [1.82, 2.24) is 20.6 Å². The Balaban J connectivity index is 1.74. The minimum atomic E-state index is 0.280. The van der Waals surface area contributed by atoms with E-state index in [1.807, 2.05) is 12.1 Å². The predicted octanol–water partition coefficient (Wildman–Crippen LogP) is 2.17. The van der Waals surface area contributed by atoms with Crippen molar-refractivity contribution in [3.05, 3.63) is 36.3 Å². The largest absolute Gasteiger partial charge is 0.371 e. The predicted molar refractivity (Wildman–Crippen MR) is 83.9 cm³/mol. The Labute approximate surface area is 128 Å². The lowest BCUT2D eigenvalue weighted by Crippen LogP contribution is -2.29.